The van der Waals surface area contributed by atoms with E-state index in [4.69, 9.17) is 9.15 Å². The normalized spacial score (nSPS) is 29.9. The molecule has 0 aliphatic carbocycles. The third kappa shape index (κ3) is 2.16. The molecule has 4 heterocycles. The van der Waals surface area contributed by atoms with Gasteiger partial charge in [0.15, 0.2) is 5.72 Å². The maximum Gasteiger partial charge on any atom is 0.258 e. The summed E-state index contributed by atoms with van der Waals surface area (Å²) >= 11 is 0. The number of carbonyl (C=O) groups is 2. The minimum Gasteiger partial charge on any atom is -0.461 e. The fourth-order valence-electron chi connectivity index (χ4n) is 5.13. The molecule has 27 heavy (non-hydrogen) atoms. The van der Waals surface area contributed by atoms with E-state index < -0.39 is 5.72 Å². The number of fused-ring (bicyclic) bond motifs is 1. The van der Waals surface area contributed by atoms with Gasteiger partial charge < -0.3 is 19.0 Å². The average Bonchev–Trinajstić information content (AvgIpc) is 3.33. The predicted molar refractivity (Wildman–Crippen MR) is 99.2 cm³/mol. The van der Waals surface area contributed by atoms with Crippen LogP contribution in [-0.2, 0) is 9.53 Å². The highest BCUT2D eigenvalue weighted by Crippen LogP contribution is 2.49. The summed E-state index contributed by atoms with van der Waals surface area (Å²) in [6.07, 6.45) is 1.01. The minimum atomic E-state index is -0.644. The number of furan rings is 1. The van der Waals surface area contributed by atoms with Crippen LogP contribution in [0.1, 0.15) is 42.8 Å². The molecule has 5 rings (SSSR count). The third-order valence-corrected chi connectivity index (χ3v) is 6.42. The molecule has 6 heteroatoms. The van der Waals surface area contributed by atoms with E-state index in [9.17, 15) is 9.59 Å². The Balaban J connectivity index is 1.51. The highest BCUT2D eigenvalue weighted by Gasteiger charge is 2.65. The highest BCUT2D eigenvalue weighted by molar-refractivity contribution is 6.05. The molecule has 3 atom stereocenters. The Morgan fingerprint density at radius 2 is 2.15 bits per heavy atom. The van der Waals surface area contributed by atoms with Gasteiger partial charge in [0.25, 0.3) is 5.91 Å². The fourth-order valence-corrected chi connectivity index (χ4v) is 5.13. The smallest absolute Gasteiger partial charge is 0.258 e. The van der Waals surface area contributed by atoms with Gasteiger partial charge >= 0.3 is 0 Å². The van der Waals surface area contributed by atoms with Gasteiger partial charge in [0.2, 0.25) is 5.91 Å². The van der Waals surface area contributed by atoms with E-state index in [1.807, 2.05) is 34.9 Å². The molecule has 0 N–H and O–H groups in total. The first kappa shape index (κ1) is 16.8. The zero-order valence-electron chi connectivity index (χ0n) is 15.9. The molecule has 0 radical (unpaired) electrons. The summed E-state index contributed by atoms with van der Waals surface area (Å²) in [4.78, 5) is 30.0. The highest BCUT2D eigenvalue weighted by atomic mass is 16.5. The molecule has 2 aromatic rings. The summed E-state index contributed by atoms with van der Waals surface area (Å²) in [5.74, 6) is 1.13. The van der Waals surface area contributed by atoms with Crippen molar-refractivity contribution < 1.29 is 18.7 Å². The van der Waals surface area contributed by atoms with Gasteiger partial charge in [-0.05, 0) is 25.0 Å². The van der Waals surface area contributed by atoms with Gasteiger partial charge in [0, 0.05) is 18.4 Å². The maximum absolute atomic E-state index is 13.4. The van der Waals surface area contributed by atoms with Crippen LogP contribution in [-0.4, -0.2) is 52.6 Å². The molecule has 3 aliphatic rings. The second-order valence-corrected chi connectivity index (χ2v) is 8.28. The molecule has 1 aromatic heterocycles. The number of carbonyl (C=O) groups excluding carboxylic acids is 2. The van der Waals surface area contributed by atoms with Crippen LogP contribution < -0.4 is 0 Å². The monoisotopic (exact) mass is 368 g/mol. The van der Waals surface area contributed by atoms with Crippen LogP contribution in [0.3, 0.4) is 0 Å². The van der Waals surface area contributed by atoms with Gasteiger partial charge in [-0.15, -0.1) is 0 Å². The molecule has 6 nitrogen and oxygen atoms in total. The molecule has 1 spiro atoms. The molecule has 1 aromatic carbocycles. The Bertz CT molecular complexity index is 949. The van der Waals surface area contributed by atoms with E-state index in [1.54, 1.807) is 6.07 Å². The molecule has 142 valence electrons. The summed E-state index contributed by atoms with van der Waals surface area (Å²) in [5.41, 5.74) is 0.533. The summed E-state index contributed by atoms with van der Waals surface area (Å²) in [6.45, 7) is 7.26. The lowest BCUT2D eigenvalue weighted by Gasteiger charge is -2.34. The first-order valence-corrected chi connectivity index (χ1v) is 9.68. The molecule has 0 bridgehead atoms. The number of amides is 2. The van der Waals surface area contributed by atoms with Gasteiger partial charge in [-0.2, -0.15) is 0 Å². The number of hydrogen-bond acceptors (Lipinski definition) is 4. The Morgan fingerprint density at radius 1 is 1.33 bits per heavy atom. The van der Waals surface area contributed by atoms with Crippen molar-refractivity contribution in [2.45, 2.75) is 51.4 Å². The minimum absolute atomic E-state index is 0.0805. The average molecular weight is 368 g/mol. The van der Waals surface area contributed by atoms with Gasteiger partial charge in [0.05, 0.1) is 30.7 Å². The van der Waals surface area contributed by atoms with Crippen molar-refractivity contribution in [1.29, 1.82) is 0 Å². The van der Waals surface area contributed by atoms with Gasteiger partial charge in [-0.3, -0.25) is 9.59 Å². The molecular formula is C21H24N2O4. The van der Waals surface area contributed by atoms with Crippen LogP contribution in [0.15, 0.2) is 28.7 Å². The van der Waals surface area contributed by atoms with Crippen molar-refractivity contribution in [3.63, 3.8) is 0 Å². The van der Waals surface area contributed by atoms with Crippen LogP contribution in [0.2, 0.25) is 0 Å². The Kier molecular flexibility index (Phi) is 3.47. The molecule has 2 amide bonds. The zero-order valence-corrected chi connectivity index (χ0v) is 15.9. The first-order valence-electron chi connectivity index (χ1n) is 9.68. The second-order valence-electron chi connectivity index (χ2n) is 8.28. The Labute approximate surface area is 158 Å². The lowest BCUT2D eigenvalue weighted by Crippen LogP contribution is -2.51. The lowest BCUT2D eigenvalue weighted by molar-refractivity contribution is -0.139. The van der Waals surface area contributed by atoms with Crippen molar-refractivity contribution in [2.75, 3.05) is 13.2 Å². The number of nitrogens with zero attached hydrogens (tertiary/aromatic N) is 2. The van der Waals surface area contributed by atoms with Crippen molar-refractivity contribution >= 4 is 22.8 Å². The quantitative estimate of drug-likeness (QED) is 0.818. The van der Waals surface area contributed by atoms with Gasteiger partial charge in [0.1, 0.15) is 11.3 Å². The largest absolute Gasteiger partial charge is 0.461 e. The van der Waals surface area contributed by atoms with E-state index in [-0.39, 0.29) is 23.9 Å². The number of rotatable bonds is 2. The standard InChI is InChI=1S/C21H24N2O4/c1-12(2)16-11-26-21-7-8-22(17(21)10-18(24)23(16)21)20(25)15-6-4-5-14-9-13(3)27-19(14)15/h4-6,9,12,16-17H,7-8,10-11H2,1-3H3/t16-,17+,21-/m0/s1. The van der Waals surface area contributed by atoms with Gasteiger partial charge in [-0.25, -0.2) is 0 Å². The summed E-state index contributed by atoms with van der Waals surface area (Å²) in [5, 5.41) is 0.924. The van der Waals surface area contributed by atoms with Crippen molar-refractivity contribution in [1.82, 2.24) is 9.80 Å². The predicted octanol–water partition coefficient (Wildman–Crippen LogP) is 2.94. The molecule has 3 fully saturated rings. The van der Waals surface area contributed by atoms with Crippen molar-refractivity contribution in [3.8, 4) is 0 Å². The maximum atomic E-state index is 13.4. The van der Waals surface area contributed by atoms with Crippen LogP contribution in [0, 0.1) is 12.8 Å². The Hall–Kier alpha value is -2.34. The molecule has 3 aliphatic heterocycles. The molecule has 0 unspecified atom stereocenters. The molecular weight excluding hydrogens is 344 g/mol. The van der Waals surface area contributed by atoms with E-state index in [0.29, 0.717) is 43.1 Å². The van der Waals surface area contributed by atoms with Crippen LogP contribution in [0.4, 0.5) is 0 Å². The molecule has 0 saturated carbocycles. The van der Waals surface area contributed by atoms with Crippen molar-refractivity contribution in [3.05, 3.63) is 35.6 Å². The van der Waals surface area contributed by atoms with E-state index in [0.717, 1.165) is 11.1 Å². The van der Waals surface area contributed by atoms with Crippen LogP contribution in [0.5, 0.6) is 0 Å². The van der Waals surface area contributed by atoms with E-state index >= 15 is 0 Å². The number of aryl methyl sites for hydroxylation is 1. The number of ether oxygens (including phenoxy) is 1. The summed E-state index contributed by atoms with van der Waals surface area (Å²) in [7, 11) is 0. The fraction of sp³-hybridized carbons (Fsp3) is 0.524. The number of hydrogen-bond donors (Lipinski definition) is 0. The summed E-state index contributed by atoms with van der Waals surface area (Å²) in [6, 6.07) is 7.43. The van der Waals surface area contributed by atoms with E-state index in [1.165, 1.54) is 0 Å². The second kappa shape index (κ2) is 5.58. The number of likely N-dealkylation sites (tertiary alicyclic amines) is 1. The summed E-state index contributed by atoms with van der Waals surface area (Å²) < 4.78 is 12.0. The van der Waals surface area contributed by atoms with Crippen LogP contribution in [0.25, 0.3) is 11.0 Å². The number of para-hydroxylation sites is 1. The zero-order chi connectivity index (χ0) is 18.9. The Morgan fingerprint density at radius 3 is 2.93 bits per heavy atom. The van der Waals surface area contributed by atoms with E-state index in [2.05, 4.69) is 13.8 Å². The topological polar surface area (TPSA) is 63.0 Å². The molecule has 3 saturated heterocycles. The van der Waals surface area contributed by atoms with Crippen molar-refractivity contribution in [2.24, 2.45) is 5.92 Å². The SMILES string of the molecule is Cc1cc2cccc(C(=O)N3CC[C@@]45OC[C@@H](C(C)C)N4C(=O)C[C@@H]35)c2o1. The van der Waals surface area contributed by atoms with Gasteiger partial charge in [-0.1, -0.05) is 26.0 Å². The first-order chi connectivity index (χ1) is 12.9. The number of benzene rings is 1. The van der Waals surface area contributed by atoms with Crippen LogP contribution >= 0.6 is 0 Å². The third-order valence-electron chi connectivity index (χ3n) is 6.42. The lowest BCUT2D eigenvalue weighted by atomic mass is 10.0.